The maximum Gasteiger partial charge on any atom is 0.159 e. The van der Waals surface area contributed by atoms with Crippen molar-refractivity contribution in [2.24, 2.45) is 5.41 Å². The third-order valence-electron chi connectivity index (χ3n) is 3.51. The maximum absolute atomic E-state index is 11.5. The van der Waals surface area contributed by atoms with E-state index in [0.717, 1.165) is 0 Å². The van der Waals surface area contributed by atoms with Crippen molar-refractivity contribution in [2.45, 2.75) is 66.2 Å². The highest BCUT2D eigenvalue weighted by Gasteiger charge is 2.42. The normalized spacial score (nSPS) is 28.2. The van der Waals surface area contributed by atoms with Gasteiger partial charge in [0.05, 0.1) is 6.61 Å². The largest absolute Gasteiger partial charge is 0.367 e. The standard InChI is InChI=1S/C14H27NO2/c1-10(16)11-8-15(14(5,6)7)12(9-17-11)13(2,3)4/h11-12H,8-9H2,1-7H3. The molecule has 0 aromatic rings. The molecule has 3 heteroatoms. The van der Waals surface area contributed by atoms with Gasteiger partial charge >= 0.3 is 0 Å². The minimum Gasteiger partial charge on any atom is -0.367 e. The Morgan fingerprint density at radius 1 is 1.18 bits per heavy atom. The molecule has 0 aromatic carbocycles. The van der Waals surface area contributed by atoms with Gasteiger partial charge in [-0.25, -0.2) is 0 Å². The molecule has 1 saturated heterocycles. The molecule has 1 fully saturated rings. The van der Waals surface area contributed by atoms with Gasteiger partial charge in [-0.05, 0) is 33.1 Å². The molecule has 1 aliphatic rings. The van der Waals surface area contributed by atoms with Crippen molar-refractivity contribution in [1.29, 1.82) is 0 Å². The molecule has 0 spiro atoms. The lowest BCUT2D eigenvalue weighted by atomic mass is 9.82. The number of ketones is 1. The lowest BCUT2D eigenvalue weighted by Gasteiger charge is -2.51. The second-order valence-electron chi connectivity index (χ2n) is 7.14. The number of carbonyl (C=O) groups is 1. The first-order chi connectivity index (χ1) is 7.53. The molecule has 3 nitrogen and oxygen atoms in total. The molecule has 0 aromatic heterocycles. The summed E-state index contributed by atoms with van der Waals surface area (Å²) >= 11 is 0. The Balaban J connectivity index is 2.92. The van der Waals surface area contributed by atoms with Gasteiger partial charge in [0.2, 0.25) is 0 Å². The fraction of sp³-hybridized carbons (Fsp3) is 0.929. The molecule has 2 unspecified atom stereocenters. The Labute approximate surface area is 106 Å². The van der Waals surface area contributed by atoms with Gasteiger partial charge in [-0.1, -0.05) is 20.8 Å². The molecule has 0 N–H and O–H groups in total. The summed E-state index contributed by atoms with van der Waals surface area (Å²) in [6, 6.07) is 0.359. The van der Waals surface area contributed by atoms with Gasteiger partial charge in [-0.2, -0.15) is 0 Å². The predicted octanol–water partition coefficient (Wildman–Crippen LogP) is 2.49. The van der Waals surface area contributed by atoms with Crippen LogP contribution in [0.5, 0.6) is 0 Å². The van der Waals surface area contributed by atoms with E-state index in [1.165, 1.54) is 0 Å². The monoisotopic (exact) mass is 241 g/mol. The lowest BCUT2D eigenvalue weighted by Crippen LogP contribution is -2.62. The van der Waals surface area contributed by atoms with Gasteiger partial charge in [0, 0.05) is 18.1 Å². The summed E-state index contributed by atoms with van der Waals surface area (Å²) in [5.41, 5.74) is 0.227. The summed E-state index contributed by atoms with van der Waals surface area (Å²) < 4.78 is 5.71. The van der Waals surface area contributed by atoms with Crippen LogP contribution in [0.3, 0.4) is 0 Å². The van der Waals surface area contributed by atoms with Crippen molar-refractivity contribution in [2.75, 3.05) is 13.2 Å². The average Bonchev–Trinajstić information content (AvgIpc) is 2.14. The van der Waals surface area contributed by atoms with Gasteiger partial charge in [-0.15, -0.1) is 0 Å². The van der Waals surface area contributed by atoms with Gasteiger partial charge in [0.25, 0.3) is 0 Å². The molecule has 17 heavy (non-hydrogen) atoms. The van der Waals surface area contributed by atoms with E-state index >= 15 is 0 Å². The molecule has 0 aliphatic carbocycles. The number of morpholine rings is 1. The average molecular weight is 241 g/mol. The van der Waals surface area contributed by atoms with Gasteiger partial charge in [0.1, 0.15) is 6.10 Å². The van der Waals surface area contributed by atoms with Gasteiger partial charge in [0.15, 0.2) is 5.78 Å². The van der Waals surface area contributed by atoms with Crippen molar-refractivity contribution in [3.63, 3.8) is 0 Å². The summed E-state index contributed by atoms with van der Waals surface area (Å²) in [6.45, 7) is 16.3. The highest BCUT2D eigenvalue weighted by molar-refractivity contribution is 5.80. The van der Waals surface area contributed by atoms with Crippen molar-refractivity contribution >= 4 is 5.78 Å². The van der Waals surface area contributed by atoms with E-state index < -0.39 is 0 Å². The number of hydrogen-bond acceptors (Lipinski definition) is 3. The summed E-state index contributed by atoms with van der Waals surface area (Å²) in [6.07, 6.45) is -0.257. The van der Waals surface area contributed by atoms with E-state index in [1.807, 2.05) is 0 Å². The minimum absolute atomic E-state index is 0.0649. The molecular formula is C14H27NO2. The van der Waals surface area contributed by atoms with Crippen LogP contribution in [-0.4, -0.2) is 41.5 Å². The van der Waals surface area contributed by atoms with E-state index in [0.29, 0.717) is 19.2 Å². The van der Waals surface area contributed by atoms with Crippen molar-refractivity contribution in [3.05, 3.63) is 0 Å². The first-order valence-corrected chi connectivity index (χ1v) is 6.42. The van der Waals surface area contributed by atoms with Crippen LogP contribution in [-0.2, 0) is 9.53 Å². The number of Topliss-reactive ketones (excluding diaryl/α,β-unsaturated/α-hetero) is 1. The SMILES string of the molecule is CC(=O)C1CN(C(C)(C)C)C(C(C)(C)C)CO1. The van der Waals surface area contributed by atoms with Crippen LogP contribution >= 0.6 is 0 Å². The Kier molecular flexibility index (Phi) is 4.04. The molecule has 1 aliphatic heterocycles. The summed E-state index contributed by atoms with van der Waals surface area (Å²) in [5.74, 6) is 0.131. The highest BCUT2D eigenvalue weighted by Crippen LogP contribution is 2.33. The first kappa shape index (κ1) is 14.7. The third-order valence-corrected chi connectivity index (χ3v) is 3.51. The molecule has 0 saturated carbocycles. The second kappa shape index (κ2) is 4.69. The number of nitrogens with zero attached hydrogens (tertiary/aromatic N) is 1. The Morgan fingerprint density at radius 3 is 2.06 bits per heavy atom. The molecule has 0 amide bonds. The molecular weight excluding hydrogens is 214 g/mol. The van der Waals surface area contributed by atoms with E-state index in [2.05, 4.69) is 46.4 Å². The van der Waals surface area contributed by atoms with Crippen molar-refractivity contribution < 1.29 is 9.53 Å². The van der Waals surface area contributed by atoms with Crippen LogP contribution in [0.4, 0.5) is 0 Å². The second-order valence-corrected chi connectivity index (χ2v) is 7.14. The van der Waals surface area contributed by atoms with E-state index in [1.54, 1.807) is 6.92 Å². The van der Waals surface area contributed by atoms with Crippen LogP contribution in [0.2, 0.25) is 0 Å². The number of hydrogen-bond donors (Lipinski definition) is 0. The number of rotatable bonds is 1. The predicted molar refractivity (Wildman–Crippen MR) is 70.1 cm³/mol. The van der Waals surface area contributed by atoms with Crippen LogP contribution < -0.4 is 0 Å². The van der Waals surface area contributed by atoms with E-state index in [9.17, 15) is 4.79 Å². The topological polar surface area (TPSA) is 29.5 Å². The zero-order chi connectivity index (χ0) is 13.4. The summed E-state index contributed by atoms with van der Waals surface area (Å²) in [7, 11) is 0. The molecule has 1 rings (SSSR count). The van der Waals surface area contributed by atoms with Gasteiger partial charge in [-0.3, -0.25) is 9.69 Å². The molecule has 0 radical (unpaired) electrons. The number of ether oxygens (including phenoxy) is 1. The van der Waals surface area contributed by atoms with Crippen molar-refractivity contribution in [3.8, 4) is 0 Å². The molecule has 0 bridgehead atoms. The Hall–Kier alpha value is -0.410. The van der Waals surface area contributed by atoms with Crippen LogP contribution in [0, 0.1) is 5.41 Å². The minimum atomic E-state index is -0.257. The van der Waals surface area contributed by atoms with E-state index in [4.69, 9.17) is 4.74 Å². The fourth-order valence-corrected chi connectivity index (χ4v) is 2.36. The summed E-state index contributed by atoms with van der Waals surface area (Å²) in [5, 5.41) is 0. The summed E-state index contributed by atoms with van der Waals surface area (Å²) in [4.78, 5) is 13.9. The maximum atomic E-state index is 11.5. The van der Waals surface area contributed by atoms with Crippen LogP contribution in [0.15, 0.2) is 0 Å². The Morgan fingerprint density at radius 2 is 1.71 bits per heavy atom. The first-order valence-electron chi connectivity index (χ1n) is 6.42. The van der Waals surface area contributed by atoms with E-state index in [-0.39, 0.29) is 22.8 Å². The highest BCUT2D eigenvalue weighted by atomic mass is 16.5. The van der Waals surface area contributed by atoms with Crippen LogP contribution in [0.1, 0.15) is 48.5 Å². The van der Waals surface area contributed by atoms with Crippen molar-refractivity contribution in [1.82, 2.24) is 4.90 Å². The van der Waals surface area contributed by atoms with Gasteiger partial charge < -0.3 is 4.74 Å². The zero-order valence-corrected chi connectivity index (χ0v) is 12.3. The molecule has 1 heterocycles. The molecule has 2 atom stereocenters. The quantitative estimate of drug-likeness (QED) is 0.706. The number of carbonyl (C=O) groups excluding carboxylic acids is 1. The fourth-order valence-electron chi connectivity index (χ4n) is 2.36. The third kappa shape index (κ3) is 3.52. The van der Waals surface area contributed by atoms with Crippen LogP contribution in [0.25, 0.3) is 0 Å². The molecule has 100 valence electrons. The zero-order valence-electron chi connectivity index (χ0n) is 12.3. The smallest absolute Gasteiger partial charge is 0.159 e. The Bertz CT molecular complexity index is 286. The lowest BCUT2D eigenvalue weighted by molar-refractivity contribution is -0.151.